The first kappa shape index (κ1) is 21.7. The zero-order valence-electron chi connectivity index (χ0n) is 18.3. The Morgan fingerprint density at radius 3 is 2.69 bits per heavy atom. The molecule has 9 heteroatoms. The number of piperidine rings is 1. The average molecular weight is 434 g/mol. The number of aromatic amines is 1. The first-order chi connectivity index (χ1) is 15.7. The number of nitrogens with zero attached hydrogens (tertiary/aromatic N) is 5. The molecular weight excluding hydrogens is 406 g/mol. The standard InChI is InChI=1S/C23H27N7O2/c1-31-10-9-30-7-5-16(6-8-30)17-3-4-19(21(11-17)32-2)20-12-22(29-28-20)27-23-15-25-18(13-24)14-26-23/h3-4,11-12,14-16H,5-10H2,1-2H3,(H2,26,27,28,29). The Labute approximate surface area is 187 Å². The molecule has 32 heavy (non-hydrogen) atoms. The van der Waals surface area contributed by atoms with E-state index < -0.39 is 0 Å². The molecule has 0 radical (unpaired) electrons. The van der Waals surface area contributed by atoms with Crippen LogP contribution in [-0.4, -0.2) is 65.5 Å². The van der Waals surface area contributed by atoms with E-state index in [4.69, 9.17) is 14.7 Å². The molecule has 4 rings (SSSR count). The van der Waals surface area contributed by atoms with E-state index in [1.807, 2.05) is 12.1 Å². The third-order valence-corrected chi connectivity index (χ3v) is 5.79. The van der Waals surface area contributed by atoms with Crippen molar-refractivity contribution in [3.8, 4) is 23.1 Å². The van der Waals surface area contributed by atoms with Gasteiger partial charge >= 0.3 is 0 Å². The van der Waals surface area contributed by atoms with E-state index in [0.29, 0.717) is 17.6 Å². The predicted molar refractivity (Wildman–Crippen MR) is 121 cm³/mol. The van der Waals surface area contributed by atoms with Gasteiger partial charge in [-0.05, 0) is 49.5 Å². The highest BCUT2D eigenvalue weighted by atomic mass is 16.5. The maximum absolute atomic E-state index is 8.83. The first-order valence-corrected chi connectivity index (χ1v) is 10.6. The highest BCUT2D eigenvalue weighted by Gasteiger charge is 2.22. The third kappa shape index (κ3) is 5.04. The predicted octanol–water partition coefficient (Wildman–Crippen LogP) is 3.32. The number of ether oxygens (including phenoxy) is 2. The van der Waals surface area contributed by atoms with Gasteiger partial charge in [-0.25, -0.2) is 9.97 Å². The molecule has 1 saturated heterocycles. The Bertz CT molecular complexity index is 1070. The van der Waals surface area contributed by atoms with Crippen molar-refractivity contribution in [2.75, 3.05) is 45.8 Å². The van der Waals surface area contributed by atoms with E-state index >= 15 is 0 Å². The Morgan fingerprint density at radius 2 is 2.00 bits per heavy atom. The van der Waals surface area contributed by atoms with Crippen LogP contribution in [0.2, 0.25) is 0 Å². The van der Waals surface area contributed by atoms with Crippen molar-refractivity contribution in [1.29, 1.82) is 5.26 Å². The Morgan fingerprint density at radius 1 is 1.16 bits per heavy atom. The topological polar surface area (TPSA) is 112 Å². The van der Waals surface area contributed by atoms with Gasteiger partial charge in [0, 0.05) is 25.3 Å². The first-order valence-electron chi connectivity index (χ1n) is 10.6. The summed E-state index contributed by atoms with van der Waals surface area (Å²) in [6.45, 7) is 3.96. The molecule has 3 aromatic rings. The molecule has 2 aromatic heterocycles. The Balaban J connectivity index is 1.45. The Kier molecular flexibility index (Phi) is 6.94. The van der Waals surface area contributed by atoms with Gasteiger partial charge in [0.15, 0.2) is 11.5 Å². The molecule has 3 heterocycles. The van der Waals surface area contributed by atoms with Crippen LogP contribution in [-0.2, 0) is 4.74 Å². The van der Waals surface area contributed by atoms with Crippen LogP contribution in [0.15, 0.2) is 36.7 Å². The quantitative estimate of drug-likeness (QED) is 0.556. The summed E-state index contributed by atoms with van der Waals surface area (Å²) in [5.41, 5.74) is 3.36. The van der Waals surface area contributed by atoms with Gasteiger partial charge in [-0.15, -0.1) is 0 Å². The fourth-order valence-electron chi connectivity index (χ4n) is 4.00. The highest BCUT2D eigenvalue weighted by molar-refractivity contribution is 5.71. The van der Waals surface area contributed by atoms with Gasteiger partial charge in [-0.2, -0.15) is 10.4 Å². The number of H-pyrrole nitrogens is 1. The number of aromatic nitrogens is 4. The molecule has 1 fully saturated rings. The molecule has 1 aromatic carbocycles. The number of nitrogens with one attached hydrogen (secondary N) is 2. The van der Waals surface area contributed by atoms with Crippen molar-refractivity contribution >= 4 is 11.6 Å². The second-order valence-electron chi connectivity index (χ2n) is 7.76. The normalized spacial score (nSPS) is 14.8. The van der Waals surface area contributed by atoms with Crippen LogP contribution in [0.1, 0.15) is 30.0 Å². The van der Waals surface area contributed by atoms with Crippen molar-refractivity contribution in [2.24, 2.45) is 0 Å². The minimum absolute atomic E-state index is 0.267. The van der Waals surface area contributed by atoms with Crippen LogP contribution in [0.5, 0.6) is 5.75 Å². The summed E-state index contributed by atoms with van der Waals surface area (Å²) in [6.07, 6.45) is 5.19. The number of hydrogen-bond acceptors (Lipinski definition) is 8. The molecule has 0 unspecified atom stereocenters. The van der Waals surface area contributed by atoms with Crippen molar-refractivity contribution in [3.63, 3.8) is 0 Å². The number of benzene rings is 1. The number of anilines is 2. The summed E-state index contributed by atoms with van der Waals surface area (Å²) < 4.78 is 10.9. The zero-order valence-corrected chi connectivity index (χ0v) is 18.3. The van der Waals surface area contributed by atoms with Crippen molar-refractivity contribution < 1.29 is 9.47 Å². The number of rotatable bonds is 8. The highest BCUT2D eigenvalue weighted by Crippen LogP contribution is 2.36. The lowest BCUT2D eigenvalue weighted by Gasteiger charge is -2.32. The average Bonchev–Trinajstić information content (AvgIpc) is 3.31. The van der Waals surface area contributed by atoms with Gasteiger partial charge in [0.25, 0.3) is 0 Å². The lowest BCUT2D eigenvalue weighted by atomic mass is 9.88. The van der Waals surface area contributed by atoms with Crippen molar-refractivity contribution in [3.05, 3.63) is 47.9 Å². The number of nitriles is 1. The lowest BCUT2D eigenvalue weighted by molar-refractivity contribution is 0.130. The maximum Gasteiger partial charge on any atom is 0.158 e. The van der Waals surface area contributed by atoms with Gasteiger partial charge < -0.3 is 19.7 Å². The summed E-state index contributed by atoms with van der Waals surface area (Å²) in [5.74, 6) is 2.47. The van der Waals surface area contributed by atoms with E-state index in [2.05, 4.69) is 48.6 Å². The summed E-state index contributed by atoms with van der Waals surface area (Å²) in [5, 5.41) is 19.3. The van der Waals surface area contributed by atoms with Crippen LogP contribution in [0.25, 0.3) is 11.3 Å². The fourth-order valence-corrected chi connectivity index (χ4v) is 4.00. The molecule has 2 N–H and O–H groups in total. The van der Waals surface area contributed by atoms with E-state index in [0.717, 1.165) is 56.1 Å². The lowest BCUT2D eigenvalue weighted by Crippen LogP contribution is -2.35. The van der Waals surface area contributed by atoms with Crippen LogP contribution < -0.4 is 10.1 Å². The van der Waals surface area contributed by atoms with Crippen molar-refractivity contribution in [1.82, 2.24) is 25.1 Å². The minimum atomic E-state index is 0.267. The minimum Gasteiger partial charge on any atom is -0.496 e. The summed E-state index contributed by atoms with van der Waals surface area (Å²) in [7, 11) is 3.44. The molecule has 0 amide bonds. The second-order valence-corrected chi connectivity index (χ2v) is 7.76. The molecule has 0 spiro atoms. The molecule has 0 saturated carbocycles. The van der Waals surface area contributed by atoms with Gasteiger partial charge in [-0.3, -0.25) is 5.10 Å². The summed E-state index contributed by atoms with van der Waals surface area (Å²) >= 11 is 0. The zero-order chi connectivity index (χ0) is 22.3. The van der Waals surface area contributed by atoms with Gasteiger partial charge in [-0.1, -0.05) is 6.07 Å². The van der Waals surface area contributed by atoms with E-state index in [-0.39, 0.29) is 5.69 Å². The number of methoxy groups -OCH3 is 2. The molecule has 9 nitrogen and oxygen atoms in total. The van der Waals surface area contributed by atoms with Crippen LogP contribution in [0, 0.1) is 11.3 Å². The van der Waals surface area contributed by atoms with E-state index in [1.54, 1.807) is 14.2 Å². The van der Waals surface area contributed by atoms with E-state index in [1.165, 1.54) is 18.0 Å². The smallest absolute Gasteiger partial charge is 0.158 e. The van der Waals surface area contributed by atoms with Crippen LogP contribution in [0.4, 0.5) is 11.6 Å². The Hall–Kier alpha value is -3.48. The van der Waals surface area contributed by atoms with Gasteiger partial charge in [0.05, 0.1) is 31.8 Å². The second kappa shape index (κ2) is 10.2. The molecule has 0 aliphatic carbocycles. The van der Waals surface area contributed by atoms with Crippen LogP contribution in [0.3, 0.4) is 0 Å². The molecule has 0 atom stereocenters. The SMILES string of the molecule is COCCN1CCC(c2ccc(-c3cc(Nc4cnc(C#N)cn4)n[nH]3)c(OC)c2)CC1. The molecular formula is C23H27N7O2. The fraction of sp³-hybridized carbons (Fsp3) is 0.391. The molecule has 0 bridgehead atoms. The number of likely N-dealkylation sites (tertiary alicyclic amines) is 1. The summed E-state index contributed by atoms with van der Waals surface area (Å²) in [4.78, 5) is 10.6. The number of hydrogen-bond donors (Lipinski definition) is 2. The van der Waals surface area contributed by atoms with E-state index in [9.17, 15) is 0 Å². The van der Waals surface area contributed by atoms with Crippen molar-refractivity contribution in [2.45, 2.75) is 18.8 Å². The third-order valence-electron chi connectivity index (χ3n) is 5.79. The molecule has 1 aliphatic heterocycles. The largest absolute Gasteiger partial charge is 0.496 e. The monoisotopic (exact) mass is 433 g/mol. The molecule has 1 aliphatic rings. The van der Waals surface area contributed by atoms with Gasteiger partial charge in [0.1, 0.15) is 17.6 Å². The van der Waals surface area contributed by atoms with Gasteiger partial charge in [0.2, 0.25) is 0 Å². The van der Waals surface area contributed by atoms with Crippen LogP contribution >= 0.6 is 0 Å². The molecule has 166 valence electrons. The summed E-state index contributed by atoms with van der Waals surface area (Å²) in [6, 6.07) is 10.3. The maximum atomic E-state index is 8.83.